The van der Waals surface area contributed by atoms with Crippen molar-refractivity contribution in [3.63, 3.8) is 0 Å². The van der Waals surface area contributed by atoms with E-state index in [1.54, 1.807) is 30.1 Å². The van der Waals surface area contributed by atoms with Gasteiger partial charge in [0.2, 0.25) is 0 Å². The quantitative estimate of drug-likeness (QED) is 0.126. The number of hydrogen-bond acceptors (Lipinski definition) is 11. The number of phenols is 1. The number of benzene rings is 1. The molecule has 5 N–H and O–H groups in total. The van der Waals surface area contributed by atoms with E-state index in [0.717, 1.165) is 0 Å². The van der Waals surface area contributed by atoms with E-state index >= 15 is 0 Å². The lowest BCUT2D eigenvalue weighted by Crippen LogP contribution is -2.38. The summed E-state index contributed by atoms with van der Waals surface area (Å²) in [5.74, 6) is -0.0368. The number of amides is 1. The third kappa shape index (κ3) is 4.35. The Morgan fingerprint density at radius 1 is 1.48 bits per heavy atom. The first-order valence-corrected chi connectivity index (χ1v) is 9.68. The summed E-state index contributed by atoms with van der Waals surface area (Å²) in [7, 11) is 1.80. The number of nitrogen functional groups attached to an aromatic ring is 1. The summed E-state index contributed by atoms with van der Waals surface area (Å²) in [4.78, 5) is 12.7. The summed E-state index contributed by atoms with van der Waals surface area (Å²) in [6.45, 7) is 0. The van der Waals surface area contributed by atoms with E-state index in [1.165, 1.54) is 34.8 Å². The number of hydrazone groups is 1. The van der Waals surface area contributed by atoms with Gasteiger partial charge in [-0.25, -0.2) is 5.43 Å². The molecule has 4 rings (SSSR count). The SMILES string of the molecule is Cn1cnnc1SCc1c(C(=O)N/N=C/c2cccc(O)c2)n[nH][n+]1-c1nonc1N. The standard InChI is InChI=1S/C16H15N11O3S/c1-26-8-19-22-16(26)31-7-11-12(20-25-27(11)14-13(17)23-30-24-14)15(29)21-18-6-9-3-2-4-10(28)5-9/h2-6,8H,7H2,1H3,(H4,17,21,23,28,29)/p+1/b18-6+. The zero-order chi connectivity index (χ0) is 21.8. The van der Waals surface area contributed by atoms with Crippen LogP contribution in [-0.4, -0.2) is 52.6 Å². The van der Waals surface area contributed by atoms with E-state index in [0.29, 0.717) is 16.4 Å². The van der Waals surface area contributed by atoms with Crippen LogP contribution in [0.4, 0.5) is 5.82 Å². The minimum absolute atomic E-state index is 0.0208. The van der Waals surface area contributed by atoms with Crippen LogP contribution < -0.4 is 15.8 Å². The highest BCUT2D eigenvalue weighted by Gasteiger charge is 2.30. The molecule has 0 aliphatic carbocycles. The third-order valence-electron chi connectivity index (χ3n) is 3.99. The number of nitrogens with two attached hydrogens (primary N) is 1. The second kappa shape index (κ2) is 8.62. The number of aromatic hydroxyl groups is 1. The smallest absolute Gasteiger partial charge is 0.377 e. The minimum Gasteiger partial charge on any atom is -0.508 e. The number of carbonyl (C=O) groups is 1. The average molecular weight is 442 g/mol. The molecule has 0 atom stereocenters. The van der Waals surface area contributed by atoms with Crippen LogP contribution in [0.3, 0.4) is 0 Å². The van der Waals surface area contributed by atoms with E-state index in [9.17, 15) is 9.90 Å². The number of rotatable bonds is 7. The number of carbonyl (C=O) groups excluding carboxylic acids is 1. The molecule has 14 nitrogen and oxygen atoms in total. The van der Waals surface area contributed by atoms with Crippen molar-refractivity contribution in [1.82, 2.24) is 40.8 Å². The van der Waals surface area contributed by atoms with Gasteiger partial charge in [0.05, 0.1) is 12.0 Å². The summed E-state index contributed by atoms with van der Waals surface area (Å²) in [6, 6.07) is 6.42. The topological polar surface area (TPSA) is 190 Å². The molecule has 1 amide bonds. The van der Waals surface area contributed by atoms with Gasteiger partial charge in [0.1, 0.15) is 17.2 Å². The molecular formula is C16H16N11O3S+. The average Bonchev–Trinajstić information content (AvgIpc) is 3.46. The van der Waals surface area contributed by atoms with Crippen molar-refractivity contribution in [3.05, 3.63) is 47.5 Å². The number of thioether (sulfide) groups is 1. The predicted molar refractivity (Wildman–Crippen MR) is 106 cm³/mol. The molecule has 4 aromatic rings. The van der Waals surface area contributed by atoms with Crippen molar-refractivity contribution in [1.29, 1.82) is 0 Å². The molecule has 158 valence electrons. The number of nitrogens with one attached hydrogen (secondary N) is 2. The van der Waals surface area contributed by atoms with E-state index in [4.69, 9.17) is 5.73 Å². The fraction of sp³-hybridized carbons (Fsp3) is 0.125. The largest absolute Gasteiger partial charge is 0.508 e. The number of aromatic amines is 1. The Bertz CT molecular complexity index is 1250. The second-order valence-electron chi connectivity index (χ2n) is 6.12. The number of aromatic nitrogens is 8. The van der Waals surface area contributed by atoms with Crippen LogP contribution in [0.5, 0.6) is 5.75 Å². The lowest BCUT2D eigenvalue weighted by atomic mass is 10.2. The predicted octanol–water partition coefficient (Wildman–Crippen LogP) is -0.458. The fourth-order valence-corrected chi connectivity index (χ4v) is 3.41. The van der Waals surface area contributed by atoms with E-state index in [2.05, 4.69) is 46.0 Å². The van der Waals surface area contributed by atoms with E-state index < -0.39 is 5.91 Å². The summed E-state index contributed by atoms with van der Waals surface area (Å²) < 4.78 is 7.77. The van der Waals surface area contributed by atoms with Gasteiger partial charge >= 0.3 is 11.7 Å². The minimum atomic E-state index is -0.574. The normalized spacial score (nSPS) is 11.3. The van der Waals surface area contributed by atoms with Crippen LogP contribution in [0.2, 0.25) is 0 Å². The van der Waals surface area contributed by atoms with E-state index in [1.807, 2.05) is 0 Å². The first-order chi connectivity index (χ1) is 15.0. The molecule has 3 aromatic heterocycles. The van der Waals surface area contributed by atoms with Crippen molar-refractivity contribution in [3.8, 4) is 11.6 Å². The van der Waals surface area contributed by atoms with Gasteiger partial charge in [-0.3, -0.25) is 4.79 Å². The summed E-state index contributed by atoms with van der Waals surface area (Å²) in [5.41, 5.74) is 9.29. The fourth-order valence-electron chi connectivity index (χ4n) is 2.53. The molecule has 1 aromatic carbocycles. The molecule has 0 unspecified atom stereocenters. The van der Waals surface area contributed by atoms with Crippen LogP contribution in [0, 0.1) is 0 Å². The Balaban J connectivity index is 1.58. The highest BCUT2D eigenvalue weighted by molar-refractivity contribution is 7.98. The van der Waals surface area contributed by atoms with Crippen molar-refractivity contribution in [2.45, 2.75) is 10.9 Å². The Hall–Kier alpha value is -4.27. The molecule has 0 fully saturated rings. The van der Waals surface area contributed by atoms with Gasteiger partial charge in [-0.2, -0.15) is 9.73 Å². The monoisotopic (exact) mass is 442 g/mol. The van der Waals surface area contributed by atoms with Gasteiger partial charge in [-0.1, -0.05) is 23.9 Å². The van der Waals surface area contributed by atoms with Gasteiger partial charge in [0, 0.05) is 7.05 Å². The molecule has 0 aliphatic heterocycles. The number of anilines is 1. The molecular weight excluding hydrogens is 426 g/mol. The first kappa shape index (κ1) is 20.0. The first-order valence-electron chi connectivity index (χ1n) is 8.70. The van der Waals surface area contributed by atoms with E-state index in [-0.39, 0.29) is 28.8 Å². The lowest BCUT2D eigenvalue weighted by molar-refractivity contribution is -0.669. The molecule has 0 saturated carbocycles. The molecule has 0 spiro atoms. The van der Waals surface area contributed by atoms with Crippen molar-refractivity contribution in [2.75, 3.05) is 5.73 Å². The van der Waals surface area contributed by atoms with Crippen LogP contribution in [0.1, 0.15) is 21.7 Å². The molecule has 31 heavy (non-hydrogen) atoms. The van der Waals surface area contributed by atoms with Crippen LogP contribution in [0.25, 0.3) is 5.82 Å². The number of H-pyrrole nitrogens is 1. The third-order valence-corrected chi connectivity index (χ3v) is 5.03. The van der Waals surface area contributed by atoms with Gasteiger partial charge < -0.3 is 15.4 Å². The van der Waals surface area contributed by atoms with Gasteiger partial charge in [-0.15, -0.1) is 20.1 Å². The molecule has 0 bridgehead atoms. The number of aryl methyl sites for hydroxylation is 1. The zero-order valence-electron chi connectivity index (χ0n) is 16.0. The Kier molecular flexibility index (Phi) is 5.57. The van der Waals surface area contributed by atoms with Gasteiger partial charge in [-0.05, 0) is 28.0 Å². The molecule has 15 heteroatoms. The summed E-state index contributed by atoms with van der Waals surface area (Å²) in [5, 5.41) is 35.9. The molecule has 0 aliphatic rings. The van der Waals surface area contributed by atoms with Crippen LogP contribution in [-0.2, 0) is 12.8 Å². The van der Waals surface area contributed by atoms with Crippen LogP contribution >= 0.6 is 11.8 Å². The van der Waals surface area contributed by atoms with Crippen molar-refractivity contribution in [2.24, 2.45) is 12.1 Å². The number of hydrogen-bond donors (Lipinski definition) is 4. The summed E-state index contributed by atoms with van der Waals surface area (Å²) >= 11 is 1.33. The molecule has 0 saturated heterocycles. The van der Waals surface area contributed by atoms with Gasteiger partial charge in [0.15, 0.2) is 10.9 Å². The Morgan fingerprint density at radius 3 is 3.06 bits per heavy atom. The Morgan fingerprint density at radius 2 is 2.35 bits per heavy atom. The zero-order valence-corrected chi connectivity index (χ0v) is 16.8. The number of phenolic OH excluding ortho intramolecular Hbond substituents is 1. The maximum atomic E-state index is 12.7. The number of nitrogens with zero attached hydrogens (tertiary/aromatic N) is 8. The van der Waals surface area contributed by atoms with Gasteiger partial charge in [0.25, 0.3) is 11.5 Å². The highest BCUT2D eigenvalue weighted by Crippen LogP contribution is 2.20. The maximum Gasteiger partial charge on any atom is 0.377 e. The summed E-state index contributed by atoms with van der Waals surface area (Å²) in [6.07, 6.45) is 2.96. The molecule has 3 heterocycles. The Labute approximate surface area is 178 Å². The molecule has 0 radical (unpaired) electrons. The second-order valence-corrected chi connectivity index (χ2v) is 7.07. The van der Waals surface area contributed by atoms with Crippen LogP contribution in [0.15, 0.2) is 45.5 Å². The maximum absolute atomic E-state index is 12.7. The van der Waals surface area contributed by atoms with Crippen molar-refractivity contribution >= 4 is 29.7 Å². The van der Waals surface area contributed by atoms with Crippen molar-refractivity contribution < 1.29 is 19.2 Å². The lowest BCUT2D eigenvalue weighted by Gasteiger charge is -2.01. The highest BCUT2D eigenvalue weighted by atomic mass is 32.2.